The summed E-state index contributed by atoms with van der Waals surface area (Å²) in [7, 11) is 1.57. The molecule has 1 atom stereocenters. The lowest BCUT2D eigenvalue weighted by atomic mass is 9.84. The zero-order valence-corrected chi connectivity index (χ0v) is 11.8. The molecule has 2 rings (SSSR count). The van der Waals surface area contributed by atoms with Gasteiger partial charge in [-0.15, -0.1) is 0 Å². The first-order valence-electron chi connectivity index (χ1n) is 6.35. The quantitative estimate of drug-likeness (QED) is 0.790. The molecular formula is C16H19NO2. The van der Waals surface area contributed by atoms with E-state index in [0.717, 1.165) is 10.9 Å². The van der Waals surface area contributed by atoms with E-state index in [9.17, 15) is 4.79 Å². The van der Waals surface area contributed by atoms with Gasteiger partial charge in [-0.05, 0) is 17.5 Å². The standard InChI is InChI=1S/C16H19NO2/c1-16(2,3)15(19-4)14(18)12-9-11-7-5-6-8-13(11)17-10-12/h5-10,15H,1-4H3. The largest absolute Gasteiger partial charge is 0.373 e. The number of ketones is 1. The van der Waals surface area contributed by atoms with Crippen LogP contribution in [0.3, 0.4) is 0 Å². The highest BCUT2D eigenvalue weighted by Gasteiger charge is 2.32. The smallest absolute Gasteiger partial charge is 0.193 e. The summed E-state index contributed by atoms with van der Waals surface area (Å²) in [5.74, 6) is -0.0201. The molecule has 0 spiro atoms. The molecule has 0 saturated carbocycles. The molecule has 1 aromatic carbocycles. The Morgan fingerprint density at radius 1 is 1.26 bits per heavy atom. The summed E-state index contributed by atoms with van der Waals surface area (Å²) in [6.45, 7) is 5.98. The van der Waals surface area contributed by atoms with Crippen molar-refractivity contribution < 1.29 is 9.53 Å². The van der Waals surface area contributed by atoms with E-state index in [2.05, 4.69) is 4.98 Å². The van der Waals surface area contributed by atoms with Crippen LogP contribution in [0.25, 0.3) is 10.9 Å². The van der Waals surface area contributed by atoms with Gasteiger partial charge in [-0.25, -0.2) is 0 Å². The number of para-hydroxylation sites is 1. The Bertz CT molecular complexity index is 599. The highest BCUT2D eigenvalue weighted by molar-refractivity contribution is 6.02. The third kappa shape index (κ3) is 2.82. The number of carbonyl (C=O) groups excluding carboxylic acids is 1. The first kappa shape index (κ1) is 13.7. The second kappa shape index (κ2) is 5.10. The highest BCUT2D eigenvalue weighted by atomic mass is 16.5. The van der Waals surface area contributed by atoms with Gasteiger partial charge in [0.1, 0.15) is 6.10 Å². The summed E-state index contributed by atoms with van der Waals surface area (Å²) in [4.78, 5) is 16.8. The molecule has 0 aliphatic carbocycles. The van der Waals surface area contributed by atoms with Crippen molar-refractivity contribution in [2.75, 3.05) is 7.11 Å². The molecule has 1 aromatic heterocycles. The Morgan fingerprint density at radius 3 is 2.58 bits per heavy atom. The molecular weight excluding hydrogens is 238 g/mol. The van der Waals surface area contributed by atoms with Gasteiger partial charge in [0.2, 0.25) is 0 Å². The van der Waals surface area contributed by atoms with Crippen LogP contribution in [-0.4, -0.2) is 24.0 Å². The zero-order valence-electron chi connectivity index (χ0n) is 11.8. The maximum absolute atomic E-state index is 12.5. The highest BCUT2D eigenvalue weighted by Crippen LogP contribution is 2.25. The van der Waals surface area contributed by atoms with E-state index in [0.29, 0.717) is 5.56 Å². The van der Waals surface area contributed by atoms with Crippen LogP contribution < -0.4 is 0 Å². The number of Topliss-reactive ketones (excluding diaryl/α,β-unsaturated/α-hetero) is 1. The van der Waals surface area contributed by atoms with Crippen LogP contribution in [-0.2, 0) is 4.74 Å². The van der Waals surface area contributed by atoms with E-state index in [-0.39, 0.29) is 11.2 Å². The molecule has 0 N–H and O–H groups in total. The first-order valence-corrected chi connectivity index (χ1v) is 6.35. The number of rotatable bonds is 3. The van der Waals surface area contributed by atoms with Crippen LogP contribution in [0.4, 0.5) is 0 Å². The number of hydrogen-bond donors (Lipinski definition) is 0. The molecule has 0 aliphatic rings. The molecule has 3 nitrogen and oxygen atoms in total. The fourth-order valence-corrected chi connectivity index (χ4v) is 2.21. The Kier molecular flexibility index (Phi) is 3.67. The Labute approximate surface area is 113 Å². The molecule has 0 fully saturated rings. The van der Waals surface area contributed by atoms with Crippen molar-refractivity contribution >= 4 is 16.7 Å². The Morgan fingerprint density at radius 2 is 1.95 bits per heavy atom. The van der Waals surface area contributed by atoms with Crippen molar-refractivity contribution in [2.45, 2.75) is 26.9 Å². The number of aromatic nitrogens is 1. The zero-order chi connectivity index (χ0) is 14.0. The van der Waals surface area contributed by atoms with E-state index in [1.807, 2.05) is 51.1 Å². The molecule has 0 saturated heterocycles. The molecule has 0 amide bonds. The number of nitrogens with zero attached hydrogens (tertiary/aromatic N) is 1. The van der Waals surface area contributed by atoms with Crippen LogP contribution in [0.15, 0.2) is 36.5 Å². The molecule has 1 unspecified atom stereocenters. The molecule has 0 radical (unpaired) electrons. The van der Waals surface area contributed by atoms with Crippen molar-refractivity contribution in [3.63, 3.8) is 0 Å². The van der Waals surface area contributed by atoms with Crippen molar-refractivity contribution in [3.05, 3.63) is 42.1 Å². The van der Waals surface area contributed by atoms with Gasteiger partial charge < -0.3 is 4.74 Å². The van der Waals surface area contributed by atoms with Crippen molar-refractivity contribution in [1.29, 1.82) is 0 Å². The van der Waals surface area contributed by atoms with Gasteiger partial charge in [0, 0.05) is 24.3 Å². The van der Waals surface area contributed by atoms with E-state index in [1.165, 1.54) is 0 Å². The summed E-state index contributed by atoms with van der Waals surface area (Å²) in [5.41, 5.74) is 1.25. The minimum Gasteiger partial charge on any atom is -0.373 e. The van der Waals surface area contributed by atoms with Crippen LogP contribution >= 0.6 is 0 Å². The number of fused-ring (bicyclic) bond motifs is 1. The minimum atomic E-state index is -0.463. The molecule has 1 heterocycles. The Hall–Kier alpha value is -1.74. The average Bonchev–Trinajstić information content (AvgIpc) is 2.37. The van der Waals surface area contributed by atoms with Crippen LogP contribution in [0.2, 0.25) is 0 Å². The minimum absolute atomic E-state index is 0.0201. The van der Waals surface area contributed by atoms with Gasteiger partial charge in [0.05, 0.1) is 5.52 Å². The second-order valence-corrected chi connectivity index (χ2v) is 5.76. The number of benzene rings is 1. The average molecular weight is 257 g/mol. The Balaban J connectivity index is 2.41. The molecule has 2 aromatic rings. The maximum atomic E-state index is 12.5. The van der Waals surface area contributed by atoms with Gasteiger partial charge in [-0.1, -0.05) is 39.0 Å². The summed E-state index contributed by atoms with van der Waals surface area (Å²) in [6, 6.07) is 9.64. The summed E-state index contributed by atoms with van der Waals surface area (Å²) < 4.78 is 5.37. The molecule has 0 aliphatic heterocycles. The SMILES string of the molecule is COC(C(=O)c1cnc2ccccc2c1)C(C)(C)C. The second-order valence-electron chi connectivity index (χ2n) is 5.76. The summed E-state index contributed by atoms with van der Waals surface area (Å²) in [5, 5.41) is 0.970. The number of methoxy groups -OCH3 is 1. The molecule has 19 heavy (non-hydrogen) atoms. The monoisotopic (exact) mass is 257 g/mol. The van der Waals surface area contributed by atoms with Crippen LogP contribution in [0.5, 0.6) is 0 Å². The molecule has 3 heteroatoms. The number of pyridine rings is 1. The van der Waals surface area contributed by atoms with E-state index in [4.69, 9.17) is 4.74 Å². The third-order valence-corrected chi connectivity index (χ3v) is 3.14. The van der Waals surface area contributed by atoms with Crippen LogP contribution in [0.1, 0.15) is 31.1 Å². The number of carbonyl (C=O) groups is 1. The molecule has 0 bridgehead atoms. The predicted molar refractivity (Wildman–Crippen MR) is 76.3 cm³/mol. The number of ether oxygens (including phenoxy) is 1. The molecule has 100 valence electrons. The number of hydrogen-bond acceptors (Lipinski definition) is 3. The van der Waals surface area contributed by atoms with E-state index in [1.54, 1.807) is 13.3 Å². The summed E-state index contributed by atoms with van der Waals surface area (Å²) in [6.07, 6.45) is 1.16. The first-order chi connectivity index (χ1) is 8.93. The lowest BCUT2D eigenvalue weighted by Gasteiger charge is -2.28. The van der Waals surface area contributed by atoms with E-state index >= 15 is 0 Å². The maximum Gasteiger partial charge on any atom is 0.193 e. The van der Waals surface area contributed by atoms with Gasteiger partial charge in [-0.3, -0.25) is 9.78 Å². The predicted octanol–water partition coefficient (Wildman–Crippen LogP) is 3.48. The van der Waals surface area contributed by atoms with Crippen LogP contribution in [0, 0.1) is 5.41 Å². The third-order valence-electron chi connectivity index (χ3n) is 3.14. The van der Waals surface area contributed by atoms with Gasteiger partial charge in [-0.2, -0.15) is 0 Å². The topological polar surface area (TPSA) is 39.2 Å². The van der Waals surface area contributed by atoms with Crippen molar-refractivity contribution in [3.8, 4) is 0 Å². The van der Waals surface area contributed by atoms with Gasteiger partial charge >= 0.3 is 0 Å². The van der Waals surface area contributed by atoms with Gasteiger partial charge in [0.25, 0.3) is 0 Å². The lowest BCUT2D eigenvalue weighted by Crippen LogP contribution is -2.36. The normalized spacial score (nSPS) is 13.5. The fraction of sp³-hybridized carbons (Fsp3) is 0.375. The van der Waals surface area contributed by atoms with Crippen molar-refractivity contribution in [2.24, 2.45) is 5.41 Å². The fourth-order valence-electron chi connectivity index (χ4n) is 2.21. The summed E-state index contributed by atoms with van der Waals surface area (Å²) >= 11 is 0. The van der Waals surface area contributed by atoms with Gasteiger partial charge in [0.15, 0.2) is 5.78 Å². The van der Waals surface area contributed by atoms with E-state index < -0.39 is 6.10 Å². The lowest BCUT2D eigenvalue weighted by molar-refractivity contribution is 0.0195. The van der Waals surface area contributed by atoms with Crippen molar-refractivity contribution in [1.82, 2.24) is 4.98 Å².